The van der Waals surface area contributed by atoms with Gasteiger partial charge in [0.15, 0.2) is 11.6 Å². The summed E-state index contributed by atoms with van der Waals surface area (Å²) in [7, 11) is 0.141. The molecular formula is C28H24B3BrF2N5O6. The van der Waals surface area contributed by atoms with Crippen LogP contribution >= 0.6 is 15.9 Å². The van der Waals surface area contributed by atoms with Crippen molar-refractivity contribution in [1.29, 1.82) is 0 Å². The first-order valence-electron chi connectivity index (χ1n) is 13.5. The normalized spacial score (nSPS) is 11.0. The summed E-state index contributed by atoms with van der Waals surface area (Å²) in [4.78, 5) is 30.1. The van der Waals surface area contributed by atoms with Crippen LogP contribution in [0.25, 0.3) is 16.6 Å². The molecule has 0 aliphatic rings. The zero-order valence-corrected chi connectivity index (χ0v) is 26.0. The smallest absolute Gasteiger partial charge is 0.414 e. The number of rotatable bonds is 11. The highest BCUT2D eigenvalue weighted by Gasteiger charge is 2.32. The van der Waals surface area contributed by atoms with Crippen molar-refractivity contribution in [2.24, 2.45) is 0 Å². The van der Waals surface area contributed by atoms with E-state index in [-0.39, 0.29) is 23.0 Å². The first-order valence-corrected chi connectivity index (χ1v) is 14.3. The van der Waals surface area contributed by atoms with Gasteiger partial charge in [-0.05, 0) is 72.4 Å². The average Bonchev–Trinajstić information content (AvgIpc) is 3.58. The van der Waals surface area contributed by atoms with E-state index in [0.717, 1.165) is 24.3 Å². The van der Waals surface area contributed by atoms with E-state index in [4.69, 9.17) is 9.47 Å². The van der Waals surface area contributed by atoms with Crippen LogP contribution in [0.5, 0.6) is 17.4 Å². The number of ketones is 1. The average molecular weight is 677 g/mol. The van der Waals surface area contributed by atoms with Gasteiger partial charge in [-0.3, -0.25) is 4.79 Å². The molecule has 227 valence electrons. The Hall–Kier alpha value is -4.47. The van der Waals surface area contributed by atoms with Gasteiger partial charge in [-0.15, -0.1) is 0 Å². The molecule has 17 heteroatoms. The molecule has 0 atom stereocenters. The number of ether oxygens (including phenoxy) is 2. The van der Waals surface area contributed by atoms with Crippen LogP contribution in [0.3, 0.4) is 0 Å². The number of fused-ring (bicyclic) bond motifs is 1. The standard InChI is InChI=1S/C28H24B3BrF2N5O6/c1-15-8-25(45-27-19(33)6-5-7-20(27)34)35-13-23(15)38-28(39(29-14-40)31(3)43)17(12-36-38)26(41)22-9-16-10-24(44-4)18(32)11-21(16)37(22)30(2)42/h5-14,42-43H,1-4H3. The maximum Gasteiger partial charge on any atom is 0.414 e. The highest BCUT2D eigenvalue weighted by Crippen LogP contribution is 2.35. The Bertz CT molecular complexity index is 1920. The predicted octanol–water partition coefficient (Wildman–Crippen LogP) is 4.29. The summed E-state index contributed by atoms with van der Waals surface area (Å²) in [5.74, 6) is -2.59. The van der Waals surface area contributed by atoms with Crippen molar-refractivity contribution in [3.8, 4) is 23.1 Å². The zero-order chi connectivity index (χ0) is 32.6. The summed E-state index contributed by atoms with van der Waals surface area (Å²) in [6.45, 7) is 4.56. The third-order valence-corrected chi connectivity index (χ3v) is 7.61. The number of aryl methyl sites for hydroxylation is 1. The van der Waals surface area contributed by atoms with E-state index in [0.29, 0.717) is 38.6 Å². The number of para-hydroxylation sites is 1. The van der Waals surface area contributed by atoms with Gasteiger partial charge < -0.3 is 33.5 Å². The monoisotopic (exact) mass is 676 g/mol. The minimum Gasteiger partial charge on any atom is -0.496 e. The Kier molecular flexibility index (Phi) is 9.14. The van der Waals surface area contributed by atoms with Gasteiger partial charge in [0.25, 0.3) is 0 Å². The van der Waals surface area contributed by atoms with Crippen molar-refractivity contribution in [3.05, 3.63) is 87.8 Å². The fourth-order valence-corrected chi connectivity index (χ4v) is 5.44. The molecule has 2 aromatic carbocycles. The van der Waals surface area contributed by atoms with Crippen molar-refractivity contribution in [2.75, 3.05) is 11.8 Å². The predicted molar refractivity (Wildman–Crippen MR) is 170 cm³/mol. The minimum atomic E-state index is -1.29. The molecule has 3 heterocycles. The summed E-state index contributed by atoms with van der Waals surface area (Å²) in [6, 6.07) is 9.75. The van der Waals surface area contributed by atoms with Crippen LogP contribution in [-0.2, 0) is 4.79 Å². The van der Waals surface area contributed by atoms with Gasteiger partial charge in [-0.1, -0.05) is 6.07 Å². The van der Waals surface area contributed by atoms with Crippen molar-refractivity contribution < 1.29 is 37.9 Å². The van der Waals surface area contributed by atoms with E-state index in [9.17, 15) is 28.4 Å². The maximum atomic E-state index is 14.2. The fourth-order valence-electron chi connectivity index (χ4n) is 4.95. The second-order valence-electron chi connectivity index (χ2n) is 9.99. The number of carbonyl (C=O) groups is 2. The maximum absolute atomic E-state index is 14.2. The molecule has 1 radical (unpaired) electrons. The lowest BCUT2D eigenvalue weighted by atomic mass is 9.73. The first-order chi connectivity index (χ1) is 21.5. The van der Waals surface area contributed by atoms with Gasteiger partial charge in [0.2, 0.25) is 17.4 Å². The van der Waals surface area contributed by atoms with Gasteiger partial charge in [0, 0.05) is 17.0 Å². The van der Waals surface area contributed by atoms with Crippen LogP contribution in [0.4, 0.5) is 14.6 Å². The second kappa shape index (κ2) is 12.9. The number of pyridine rings is 1. The van der Waals surface area contributed by atoms with Gasteiger partial charge >= 0.3 is 21.5 Å². The Balaban J connectivity index is 1.65. The molecule has 5 aromatic rings. The molecule has 0 bridgehead atoms. The van der Waals surface area contributed by atoms with Crippen molar-refractivity contribution in [3.63, 3.8) is 0 Å². The van der Waals surface area contributed by atoms with Crippen LogP contribution in [0.15, 0.2) is 59.3 Å². The number of methoxy groups -OCH3 is 1. The van der Waals surface area contributed by atoms with Crippen LogP contribution in [0.2, 0.25) is 13.6 Å². The molecule has 0 saturated carbocycles. The van der Waals surface area contributed by atoms with E-state index in [1.165, 1.54) is 54.4 Å². The molecule has 3 aromatic heterocycles. The Morgan fingerprint density at radius 2 is 1.84 bits per heavy atom. The molecular weight excluding hydrogens is 653 g/mol. The molecule has 5 rings (SSSR count). The van der Waals surface area contributed by atoms with Crippen molar-refractivity contribution >= 4 is 66.1 Å². The third kappa shape index (κ3) is 5.98. The van der Waals surface area contributed by atoms with E-state index in [1.54, 1.807) is 25.1 Å². The lowest BCUT2D eigenvalue weighted by Crippen LogP contribution is -2.43. The summed E-state index contributed by atoms with van der Waals surface area (Å²) < 4.78 is 43.6. The fraction of sp³-hybridized carbons (Fsp3) is 0.143. The summed E-state index contributed by atoms with van der Waals surface area (Å²) >= 11 is 3.44. The lowest BCUT2D eigenvalue weighted by Gasteiger charge is -2.26. The van der Waals surface area contributed by atoms with Crippen LogP contribution in [-0.4, -0.2) is 69.9 Å². The van der Waals surface area contributed by atoms with Gasteiger partial charge in [-0.25, -0.2) is 18.4 Å². The number of halogens is 3. The summed E-state index contributed by atoms with van der Waals surface area (Å²) in [5, 5.41) is 26.4. The number of nitrogens with zero attached hydrogens (tertiary/aromatic N) is 5. The van der Waals surface area contributed by atoms with Gasteiger partial charge in [0.1, 0.15) is 17.8 Å². The highest BCUT2D eigenvalue weighted by atomic mass is 79.9. The van der Waals surface area contributed by atoms with E-state index >= 15 is 0 Å². The Labute approximate surface area is 266 Å². The number of carbonyl (C=O) groups excluding carboxylic acids is 2. The minimum absolute atomic E-state index is 0.0157. The highest BCUT2D eigenvalue weighted by molar-refractivity contribution is 9.10. The molecule has 0 saturated heterocycles. The number of anilines is 1. The van der Waals surface area contributed by atoms with Crippen LogP contribution in [0, 0.1) is 18.6 Å². The molecule has 0 spiro atoms. The second-order valence-corrected chi connectivity index (χ2v) is 10.8. The van der Waals surface area contributed by atoms with Gasteiger partial charge in [-0.2, -0.15) is 5.10 Å². The molecule has 0 aliphatic heterocycles. The molecule has 0 fully saturated rings. The number of aromatic nitrogens is 4. The molecule has 0 unspecified atom stereocenters. The number of hydrogen-bond donors (Lipinski definition) is 2. The Morgan fingerprint density at radius 3 is 2.44 bits per heavy atom. The lowest BCUT2D eigenvalue weighted by molar-refractivity contribution is 0.103. The topological polar surface area (TPSA) is 132 Å². The molecule has 0 amide bonds. The molecule has 45 heavy (non-hydrogen) atoms. The Morgan fingerprint density at radius 1 is 1.13 bits per heavy atom. The van der Waals surface area contributed by atoms with E-state index in [1.807, 2.05) is 0 Å². The van der Waals surface area contributed by atoms with Gasteiger partial charge in [0.05, 0.1) is 40.9 Å². The largest absolute Gasteiger partial charge is 0.496 e. The van der Waals surface area contributed by atoms with Crippen molar-refractivity contribution in [1.82, 2.24) is 19.2 Å². The molecule has 2 N–H and O–H groups in total. The van der Waals surface area contributed by atoms with Crippen LogP contribution in [0.1, 0.15) is 21.6 Å². The molecule has 11 nitrogen and oxygen atoms in total. The van der Waals surface area contributed by atoms with Crippen LogP contribution < -0.4 is 14.2 Å². The summed E-state index contributed by atoms with van der Waals surface area (Å²) in [5.41, 5.74) is 1.40. The zero-order valence-electron chi connectivity index (χ0n) is 24.4. The molecule has 0 aliphatic carbocycles. The van der Waals surface area contributed by atoms with E-state index in [2.05, 4.69) is 26.0 Å². The first kappa shape index (κ1) is 31.9. The third-order valence-electron chi connectivity index (χ3n) is 6.99. The number of benzene rings is 2. The van der Waals surface area contributed by atoms with Crippen molar-refractivity contribution in [2.45, 2.75) is 20.6 Å². The quantitative estimate of drug-likeness (QED) is 0.120. The van der Waals surface area contributed by atoms with E-state index < -0.39 is 37.3 Å². The summed E-state index contributed by atoms with van der Waals surface area (Å²) in [6.07, 6.45) is 3.02. The SMILES string of the molecule is COc1cc2cc(C(=O)c3cnn(-c4cnc(Oc5c(F)cccc5F)cc4C)c3N([B]C=O)B(C)O)n(B(C)O)c2cc1Br. The number of hydrogen-bond acceptors (Lipinski definition) is 9.